The second-order valence-electron chi connectivity index (χ2n) is 4.74. The summed E-state index contributed by atoms with van der Waals surface area (Å²) in [5, 5.41) is 9.83. The van der Waals surface area contributed by atoms with Crippen LogP contribution >= 0.6 is 11.8 Å². The van der Waals surface area contributed by atoms with Gasteiger partial charge in [-0.15, -0.1) is 0 Å². The largest absolute Gasteiger partial charge is 0.508 e. The van der Waals surface area contributed by atoms with Crippen LogP contribution in [-0.4, -0.2) is 23.8 Å². The Morgan fingerprint density at radius 2 is 1.95 bits per heavy atom. The summed E-state index contributed by atoms with van der Waals surface area (Å²) in [5.41, 5.74) is 2.11. The lowest BCUT2D eigenvalue weighted by atomic mass is 9.87. The predicted octanol–water partition coefficient (Wildman–Crippen LogP) is 3.43. The van der Waals surface area contributed by atoms with Gasteiger partial charge < -0.3 is 15.6 Å². The van der Waals surface area contributed by atoms with E-state index in [-0.39, 0.29) is 28.3 Å². The van der Waals surface area contributed by atoms with Crippen molar-refractivity contribution in [3.05, 3.63) is 23.8 Å². The minimum atomic E-state index is -4.35. The highest BCUT2D eigenvalue weighted by molar-refractivity contribution is 8.00. The zero-order chi connectivity index (χ0) is 14.8. The third-order valence-electron chi connectivity index (χ3n) is 3.37. The summed E-state index contributed by atoms with van der Waals surface area (Å²) in [4.78, 5) is 0.0350. The number of nitrogens with two attached hydrogens (primary N) is 1. The van der Waals surface area contributed by atoms with Gasteiger partial charge >= 0.3 is 5.51 Å². The van der Waals surface area contributed by atoms with Crippen LogP contribution in [0.4, 0.5) is 13.2 Å². The molecule has 1 aromatic carbocycles. The summed E-state index contributed by atoms with van der Waals surface area (Å²) in [5.74, 6) is 0.0521. The molecule has 1 aromatic rings. The molecule has 0 amide bonds. The minimum Gasteiger partial charge on any atom is -0.508 e. The summed E-state index contributed by atoms with van der Waals surface area (Å²) < 4.78 is 42.4. The van der Waals surface area contributed by atoms with Crippen LogP contribution in [-0.2, 0) is 4.74 Å². The predicted molar refractivity (Wildman–Crippen MR) is 70.5 cm³/mol. The summed E-state index contributed by atoms with van der Waals surface area (Å²) >= 11 is -0.204. The molecule has 20 heavy (non-hydrogen) atoms. The fourth-order valence-electron chi connectivity index (χ4n) is 2.33. The Bertz CT molecular complexity index is 461. The smallest absolute Gasteiger partial charge is 0.446 e. The van der Waals surface area contributed by atoms with Gasteiger partial charge in [-0.2, -0.15) is 13.2 Å². The van der Waals surface area contributed by atoms with Gasteiger partial charge in [0.1, 0.15) is 5.75 Å². The van der Waals surface area contributed by atoms with E-state index in [1.54, 1.807) is 0 Å². The fraction of sp³-hybridized carbons (Fsp3) is 0.538. The van der Waals surface area contributed by atoms with Crippen molar-refractivity contribution in [1.82, 2.24) is 0 Å². The van der Waals surface area contributed by atoms with Gasteiger partial charge in [-0.1, -0.05) is 0 Å². The first-order chi connectivity index (χ1) is 9.37. The van der Waals surface area contributed by atoms with Crippen LogP contribution in [0.25, 0.3) is 0 Å². The van der Waals surface area contributed by atoms with Gasteiger partial charge in [-0.3, -0.25) is 0 Å². The van der Waals surface area contributed by atoms with Crippen LogP contribution in [0.3, 0.4) is 0 Å². The van der Waals surface area contributed by atoms with E-state index in [0.29, 0.717) is 18.8 Å². The molecule has 1 fully saturated rings. The van der Waals surface area contributed by atoms with Crippen molar-refractivity contribution in [3.8, 4) is 5.75 Å². The molecule has 1 aliphatic rings. The minimum absolute atomic E-state index is 0.0350. The standard InChI is InChI=1S/C13H16F3NO2S/c14-13(15,16)20-9-1-2-11(18)10(7-9)12(17)8-3-5-19-6-4-8/h1-2,7-8,12,18H,3-6,17H2/t12-/m1/s1. The molecule has 0 spiro atoms. The average molecular weight is 307 g/mol. The SMILES string of the molecule is N[C@@H](c1cc(SC(F)(F)F)ccc1O)C1CCOCC1. The van der Waals surface area contributed by atoms with Gasteiger partial charge in [-0.05, 0) is 48.7 Å². The number of phenolic OH excluding ortho intramolecular Hbond substituents is 1. The first kappa shape index (κ1) is 15.5. The van der Waals surface area contributed by atoms with Crippen LogP contribution in [0, 0.1) is 5.92 Å². The fourth-order valence-corrected chi connectivity index (χ4v) is 2.91. The maximum atomic E-state index is 12.4. The lowest BCUT2D eigenvalue weighted by Crippen LogP contribution is -2.27. The monoisotopic (exact) mass is 307 g/mol. The first-order valence-electron chi connectivity index (χ1n) is 6.29. The van der Waals surface area contributed by atoms with Gasteiger partial charge in [0.15, 0.2) is 0 Å². The molecule has 1 atom stereocenters. The van der Waals surface area contributed by atoms with Crippen LogP contribution < -0.4 is 5.73 Å². The number of phenols is 1. The number of thioether (sulfide) groups is 1. The molecule has 0 aromatic heterocycles. The van der Waals surface area contributed by atoms with Crippen LogP contribution in [0.1, 0.15) is 24.4 Å². The molecular formula is C13H16F3NO2S. The van der Waals surface area contributed by atoms with Crippen LogP contribution in [0.5, 0.6) is 5.75 Å². The van der Waals surface area contributed by atoms with Gasteiger partial charge in [0.05, 0.1) is 0 Å². The molecule has 1 aliphatic heterocycles. The highest BCUT2D eigenvalue weighted by Gasteiger charge is 2.30. The zero-order valence-electron chi connectivity index (χ0n) is 10.7. The summed E-state index contributed by atoms with van der Waals surface area (Å²) in [6, 6.07) is 3.36. The molecule has 0 saturated carbocycles. The molecule has 0 unspecified atom stereocenters. The van der Waals surface area contributed by atoms with Gasteiger partial charge in [0.25, 0.3) is 0 Å². The van der Waals surface area contributed by atoms with Gasteiger partial charge in [0, 0.05) is 29.7 Å². The number of alkyl halides is 3. The third kappa shape index (κ3) is 4.04. The summed E-state index contributed by atoms with van der Waals surface area (Å²) in [6.07, 6.45) is 1.49. The number of hydrogen-bond acceptors (Lipinski definition) is 4. The van der Waals surface area contributed by atoms with E-state index < -0.39 is 11.6 Å². The maximum Gasteiger partial charge on any atom is 0.446 e. The number of benzene rings is 1. The highest BCUT2D eigenvalue weighted by atomic mass is 32.2. The molecule has 1 heterocycles. The Labute approximate surface area is 119 Å². The van der Waals surface area contributed by atoms with E-state index in [4.69, 9.17) is 10.5 Å². The van der Waals surface area contributed by atoms with E-state index in [2.05, 4.69) is 0 Å². The second kappa shape index (κ2) is 6.24. The molecule has 0 aliphatic carbocycles. The highest BCUT2D eigenvalue weighted by Crippen LogP contribution is 2.40. The molecule has 3 N–H and O–H groups in total. The van der Waals surface area contributed by atoms with Crippen molar-refractivity contribution >= 4 is 11.8 Å². The van der Waals surface area contributed by atoms with E-state index in [0.717, 1.165) is 12.8 Å². The van der Waals surface area contributed by atoms with E-state index >= 15 is 0 Å². The van der Waals surface area contributed by atoms with E-state index in [9.17, 15) is 18.3 Å². The topological polar surface area (TPSA) is 55.5 Å². The number of aromatic hydroxyl groups is 1. The third-order valence-corrected chi connectivity index (χ3v) is 4.09. The normalized spacial score (nSPS) is 19.0. The van der Waals surface area contributed by atoms with Gasteiger partial charge in [0.2, 0.25) is 0 Å². The maximum absolute atomic E-state index is 12.4. The van der Waals surface area contributed by atoms with Crippen LogP contribution in [0.15, 0.2) is 23.1 Å². The second-order valence-corrected chi connectivity index (χ2v) is 5.88. The Hall–Kier alpha value is -0.920. The van der Waals surface area contributed by atoms with E-state index in [1.165, 1.54) is 18.2 Å². The molecule has 0 radical (unpaired) electrons. The van der Waals surface area contributed by atoms with Crippen molar-refractivity contribution in [2.24, 2.45) is 11.7 Å². The molecule has 7 heteroatoms. The molecule has 3 nitrogen and oxygen atoms in total. The number of halogens is 3. The summed E-state index contributed by atoms with van der Waals surface area (Å²) in [7, 11) is 0. The van der Waals surface area contributed by atoms with Crippen molar-refractivity contribution in [2.45, 2.75) is 29.3 Å². The van der Waals surface area contributed by atoms with Crippen molar-refractivity contribution in [3.63, 3.8) is 0 Å². The lowest BCUT2D eigenvalue weighted by Gasteiger charge is -2.28. The first-order valence-corrected chi connectivity index (χ1v) is 7.10. The molecular weight excluding hydrogens is 291 g/mol. The average Bonchev–Trinajstić information content (AvgIpc) is 2.40. The number of rotatable bonds is 3. The number of hydrogen-bond donors (Lipinski definition) is 2. The van der Waals surface area contributed by atoms with E-state index in [1.807, 2.05) is 0 Å². The van der Waals surface area contributed by atoms with Crippen molar-refractivity contribution in [1.29, 1.82) is 0 Å². The van der Waals surface area contributed by atoms with Crippen LogP contribution in [0.2, 0.25) is 0 Å². The Morgan fingerprint density at radius 1 is 1.30 bits per heavy atom. The Morgan fingerprint density at radius 3 is 2.55 bits per heavy atom. The van der Waals surface area contributed by atoms with Gasteiger partial charge in [-0.25, -0.2) is 0 Å². The Kier molecular flexibility index (Phi) is 4.82. The molecule has 112 valence electrons. The molecule has 2 rings (SSSR count). The molecule has 0 bridgehead atoms. The summed E-state index contributed by atoms with van der Waals surface area (Å²) in [6.45, 7) is 1.19. The zero-order valence-corrected chi connectivity index (χ0v) is 11.5. The molecule has 1 saturated heterocycles. The van der Waals surface area contributed by atoms with Crippen molar-refractivity contribution in [2.75, 3.05) is 13.2 Å². The van der Waals surface area contributed by atoms with Crippen molar-refractivity contribution < 1.29 is 23.0 Å². The quantitative estimate of drug-likeness (QED) is 0.840. The lowest BCUT2D eigenvalue weighted by molar-refractivity contribution is -0.0328. The Balaban J connectivity index is 2.18. The number of ether oxygens (including phenoxy) is 1.